The lowest BCUT2D eigenvalue weighted by Gasteiger charge is -2.41. The molecule has 0 aromatic heterocycles. The summed E-state index contributed by atoms with van der Waals surface area (Å²) in [5.74, 6) is 1.71. The van der Waals surface area contributed by atoms with E-state index < -0.39 is 0 Å². The largest absolute Gasteiger partial charge is 0.486 e. The van der Waals surface area contributed by atoms with Gasteiger partial charge < -0.3 is 14.6 Å². The number of hydrogen-bond donors (Lipinski definition) is 1. The maximum Gasteiger partial charge on any atom is 0.161 e. The Labute approximate surface area is 108 Å². The molecule has 0 bridgehead atoms. The summed E-state index contributed by atoms with van der Waals surface area (Å²) in [6.45, 7) is 3.66. The van der Waals surface area contributed by atoms with Crippen LogP contribution in [0.1, 0.15) is 30.4 Å². The van der Waals surface area contributed by atoms with Crippen molar-refractivity contribution >= 4 is 0 Å². The van der Waals surface area contributed by atoms with Crippen LogP contribution in [0.4, 0.5) is 0 Å². The summed E-state index contributed by atoms with van der Waals surface area (Å²) in [4.78, 5) is 0. The van der Waals surface area contributed by atoms with E-state index in [4.69, 9.17) is 9.47 Å². The lowest BCUT2D eigenvalue weighted by Crippen LogP contribution is -2.35. The van der Waals surface area contributed by atoms with Crippen LogP contribution >= 0.6 is 0 Å². The van der Waals surface area contributed by atoms with Crippen LogP contribution in [0.25, 0.3) is 0 Å². The van der Waals surface area contributed by atoms with Crippen LogP contribution in [-0.2, 0) is 6.42 Å². The van der Waals surface area contributed by atoms with Crippen molar-refractivity contribution in [3.63, 3.8) is 0 Å². The van der Waals surface area contributed by atoms with E-state index in [0.717, 1.165) is 30.8 Å². The van der Waals surface area contributed by atoms with E-state index in [1.54, 1.807) is 0 Å². The van der Waals surface area contributed by atoms with Gasteiger partial charge in [0, 0.05) is 6.61 Å². The third-order valence-electron chi connectivity index (χ3n) is 4.32. The number of ether oxygens (including phenoxy) is 2. The van der Waals surface area contributed by atoms with Crippen molar-refractivity contribution < 1.29 is 14.6 Å². The number of aliphatic hydroxyl groups is 1. The Morgan fingerprint density at radius 1 is 1.17 bits per heavy atom. The van der Waals surface area contributed by atoms with E-state index in [1.807, 2.05) is 0 Å². The summed E-state index contributed by atoms with van der Waals surface area (Å²) >= 11 is 0. The fourth-order valence-corrected chi connectivity index (χ4v) is 2.89. The van der Waals surface area contributed by atoms with Gasteiger partial charge in [0.25, 0.3) is 0 Å². The maximum absolute atomic E-state index is 9.57. The Balaban J connectivity index is 1.87. The molecule has 1 fully saturated rings. The van der Waals surface area contributed by atoms with Gasteiger partial charge in [-0.25, -0.2) is 0 Å². The van der Waals surface area contributed by atoms with Crippen molar-refractivity contribution in [2.24, 2.45) is 5.41 Å². The predicted octanol–water partition coefficient (Wildman–Crippen LogP) is 2.47. The van der Waals surface area contributed by atoms with Gasteiger partial charge in [0.15, 0.2) is 11.5 Å². The number of rotatable bonds is 3. The van der Waals surface area contributed by atoms with Gasteiger partial charge >= 0.3 is 0 Å². The van der Waals surface area contributed by atoms with E-state index in [1.165, 1.54) is 17.5 Å². The van der Waals surface area contributed by atoms with Gasteiger partial charge in [0.1, 0.15) is 13.2 Å². The van der Waals surface area contributed by atoms with Crippen LogP contribution in [-0.4, -0.2) is 24.9 Å². The first kappa shape index (κ1) is 11.8. The number of aryl methyl sites for hydroxylation is 1. The second-order valence-corrected chi connectivity index (χ2v) is 5.61. The Hall–Kier alpha value is -1.22. The molecule has 18 heavy (non-hydrogen) atoms. The zero-order valence-corrected chi connectivity index (χ0v) is 10.9. The Morgan fingerprint density at radius 2 is 1.83 bits per heavy atom. The Morgan fingerprint density at radius 3 is 2.39 bits per heavy atom. The number of hydrogen-bond acceptors (Lipinski definition) is 3. The molecule has 3 nitrogen and oxygen atoms in total. The zero-order chi connectivity index (χ0) is 12.6. The Kier molecular flexibility index (Phi) is 2.94. The molecular formula is C15H20O3. The van der Waals surface area contributed by atoms with Crippen LogP contribution in [0.2, 0.25) is 0 Å². The van der Waals surface area contributed by atoms with Crippen molar-refractivity contribution in [3.05, 3.63) is 23.3 Å². The zero-order valence-electron chi connectivity index (χ0n) is 10.9. The third kappa shape index (κ3) is 1.97. The fraction of sp³-hybridized carbons (Fsp3) is 0.600. The lowest BCUT2D eigenvalue weighted by molar-refractivity contribution is 0.0447. The second-order valence-electron chi connectivity index (χ2n) is 5.61. The molecule has 0 radical (unpaired) electrons. The Bertz CT molecular complexity index is 444. The van der Waals surface area contributed by atoms with Crippen molar-refractivity contribution in [3.8, 4) is 11.5 Å². The molecule has 3 heteroatoms. The average Bonchev–Trinajstić information content (AvgIpc) is 2.34. The summed E-state index contributed by atoms with van der Waals surface area (Å²) < 4.78 is 11.2. The van der Waals surface area contributed by atoms with Crippen molar-refractivity contribution in [2.75, 3.05) is 19.8 Å². The smallest absolute Gasteiger partial charge is 0.161 e. The van der Waals surface area contributed by atoms with E-state index in [2.05, 4.69) is 19.1 Å². The summed E-state index contributed by atoms with van der Waals surface area (Å²) in [6.07, 6.45) is 4.46. The lowest BCUT2D eigenvalue weighted by atomic mass is 9.65. The van der Waals surface area contributed by atoms with Crippen LogP contribution < -0.4 is 9.47 Å². The predicted molar refractivity (Wildman–Crippen MR) is 69.2 cm³/mol. The molecule has 1 heterocycles. The normalized spacial score (nSPS) is 20.3. The minimum atomic E-state index is 0.120. The molecule has 2 aliphatic rings. The molecule has 0 atom stereocenters. The third-order valence-corrected chi connectivity index (χ3v) is 4.32. The van der Waals surface area contributed by atoms with E-state index in [0.29, 0.717) is 19.8 Å². The van der Waals surface area contributed by atoms with Crippen molar-refractivity contribution in [2.45, 2.75) is 32.6 Å². The molecular weight excluding hydrogens is 228 g/mol. The van der Waals surface area contributed by atoms with Gasteiger partial charge in [-0.15, -0.1) is 0 Å². The molecule has 0 amide bonds. The molecule has 98 valence electrons. The molecule has 3 rings (SSSR count). The topological polar surface area (TPSA) is 38.7 Å². The van der Waals surface area contributed by atoms with Gasteiger partial charge in [-0.2, -0.15) is 0 Å². The first-order valence-electron chi connectivity index (χ1n) is 6.72. The highest BCUT2D eigenvalue weighted by Gasteiger charge is 2.36. The molecule has 1 N–H and O–H groups in total. The number of benzene rings is 1. The minimum Gasteiger partial charge on any atom is -0.486 e. The second kappa shape index (κ2) is 4.47. The van der Waals surface area contributed by atoms with E-state index in [9.17, 15) is 5.11 Å². The SMILES string of the molecule is Cc1cc2c(cc1CC1(CO)CCC1)OCCO2. The molecule has 0 saturated heterocycles. The van der Waals surface area contributed by atoms with Crippen LogP contribution in [0.15, 0.2) is 12.1 Å². The molecule has 1 aliphatic carbocycles. The van der Waals surface area contributed by atoms with Crippen molar-refractivity contribution in [1.29, 1.82) is 0 Å². The van der Waals surface area contributed by atoms with Gasteiger partial charge in [-0.05, 0) is 54.9 Å². The maximum atomic E-state index is 9.57. The highest BCUT2D eigenvalue weighted by molar-refractivity contribution is 5.48. The number of fused-ring (bicyclic) bond motifs is 1. The van der Waals surface area contributed by atoms with E-state index in [-0.39, 0.29) is 5.41 Å². The molecule has 1 aromatic carbocycles. The molecule has 1 saturated carbocycles. The highest BCUT2D eigenvalue weighted by atomic mass is 16.6. The average molecular weight is 248 g/mol. The van der Waals surface area contributed by atoms with Crippen LogP contribution in [0.5, 0.6) is 11.5 Å². The summed E-state index contributed by atoms with van der Waals surface area (Å²) in [5, 5.41) is 9.57. The molecule has 1 aromatic rings. The summed E-state index contributed by atoms with van der Waals surface area (Å²) in [6, 6.07) is 4.16. The number of aliphatic hydroxyl groups excluding tert-OH is 1. The van der Waals surface area contributed by atoms with Crippen LogP contribution in [0, 0.1) is 12.3 Å². The van der Waals surface area contributed by atoms with E-state index >= 15 is 0 Å². The standard InChI is InChI=1S/C15H20O3/c1-11-7-13-14(18-6-5-17-13)8-12(11)9-15(10-16)3-2-4-15/h7-8,16H,2-6,9-10H2,1H3. The highest BCUT2D eigenvalue weighted by Crippen LogP contribution is 2.45. The first-order chi connectivity index (χ1) is 8.72. The molecule has 1 aliphatic heterocycles. The van der Waals surface area contributed by atoms with Crippen LogP contribution in [0.3, 0.4) is 0 Å². The van der Waals surface area contributed by atoms with Gasteiger partial charge in [0.2, 0.25) is 0 Å². The monoisotopic (exact) mass is 248 g/mol. The van der Waals surface area contributed by atoms with Gasteiger partial charge in [-0.1, -0.05) is 6.42 Å². The quantitative estimate of drug-likeness (QED) is 0.893. The summed E-state index contributed by atoms with van der Waals surface area (Å²) in [7, 11) is 0. The van der Waals surface area contributed by atoms with Crippen molar-refractivity contribution in [1.82, 2.24) is 0 Å². The van der Waals surface area contributed by atoms with Gasteiger partial charge in [0.05, 0.1) is 0 Å². The molecule has 0 spiro atoms. The minimum absolute atomic E-state index is 0.120. The van der Waals surface area contributed by atoms with Gasteiger partial charge in [-0.3, -0.25) is 0 Å². The fourth-order valence-electron chi connectivity index (χ4n) is 2.89. The summed E-state index contributed by atoms with van der Waals surface area (Å²) in [5.41, 5.74) is 2.64. The first-order valence-corrected chi connectivity index (χ1v) is 6.72. The molecule has 0 unspecified atom stereocenters.